The highest BCUT2D eigenvalue weighted by atomic mass is 16.2. The fourth-order valence-corrected chi connectivity index (χ4v) is 2.44. The molecule has 26 heavy (non-hydrogen) atoms. The van der Waals surface area contributed by atoms with Crippen molar-refractivity contribution in [2.24, 2.45) is 0 Å². The second-order valence-corrected chi connectivity index (χ2v) is 5.48. The zero-order chi connectivity index (χ0) is 18.4. The predicted octanol–water partition coefficient (Wildman–Crippen LogP) is 1.21. The number of nitrogens with zero attached hydrogens (tertiary/aromatic N) is 5. The van der Waals surface area contributed by atoms with Crippen LogP contribution in [-0.4, -0.2) is 37.1 Å². The third kappa shape index (κ3) is 4.12. The highest BCUT2D eigenvalue weighted by Crippen LogP contribution is 2.14. The van der Waals surface area contributed by atoms with Crippen LogP contribution in [0.2, 0.25) is 0 Å². The fourth-order valence-electron chi connectivity index (χ4n) is 2.44. The molecule has 0 aliphatic heterocycles. The van der Waals surface area contributed by atoms with E-state index in [0.717, 1.165) is 17.7 Å². The van der Waals surface area contributed by atoms with Crippen molar-refractivity contribution in [3.8, 4) is 5.82 Å². The molecule has 0 aliphatic carbocycles. The maximum absolute atomic E-state index is 12.1. The van der Waals surface area contributed by atoms with Crippen LogP contribution in [0, 0.1) is 0 Å². The molecule has 0 bridgehead atoms. The minimum Gasteiger partial charge on any atom is -0.336 e. The quantitative estimate of drug-likeness (QED) is 0.693. The lowest BCUT2D eigenvalue weighted by Gasteiger charge is -2.11. The Morgan fingerprint density at radius 2 is 2.04 bits per heavy atom. The van der Waals surface area contributed by atoms with E-state index < -0.39 is 0 Å². The fraction of sp³-hybridized carbons (Fsp3) is 0.235. The molecule has 3 aromatic rings. The van der Waals surface area contributed by atoms with Crippen LogP contribution in [-0.2, 0) is 13.0 Å². The van der Waals surface area contributed by atoms with Gasteiger partial charge in [0, 0.05) is 18.3 Å². The molecule has 0 fully saturated rings. The van der Waals surface area contributed by atoms with Crippen molar-refractivity contribution in [1.82, 2.24) is 29.9 Å². The lowest BCUT2D eigenvalue weighted by atomic mass is 10.1. The number of carbonyl (C=O) groups is 1. The van der Waals surface area contributed by atoms with Gasteiger partial charge in [-0.1, -0.05) is 25.1 Å². The summed E-state index contributed by atoms with van der Waals surface area (Å²) in [5, 5.41) is 13.7. The highest BCUT2D eigenvalue weighted by Gasteiger charge is 2.06. The molecule has 2 amide bonds. The molecule has 1 aromatic carbocycles. The summed E-state index contributed by atoms with van der Waals surface area (Å²) in [6.45, 7) is 2.52. The second-order valence-electron chi connectivity index (χ2n) is 5.48. The third-order valence-electron chi connectivity index (χ3n) is 3.76. The Hall–Kier alpha value is -3.49. The minimum absolute atomic E-state index is 0.240. The number of benzene rings is 1. The van der Waals surface area contributed by atoms with Crippen molar-refractivity contribution < 1.29 is 4.79 Å². The van der Waals surface area contributed by atoms with Crippen LogP contribution < -0.4 is 16.2 Å². The van der Waals surface area contributed by atoms with E-state index in [1.54, 1.807) is 6.07 Å². The van der Waals surface area contributed by atoms with Gasteiger partial charge in [-0.3, -0.25) is 4.79 Å². The smallest absolute Gasteiger partial charge is 0.319 e. The summed E-state index contributed by atoms with van der Waals surface area (Å²) in [6.07, 6.45) is 3.70. The number of aromatic nitrogens is 5. The molecular formula is C17H19N7O2. The van der Waals surface area contributed by atoms with Crippen molar-refractivity contribution >= 4 is 11.7 Å². The normalized spacial score (nSPS) is 10.5. The van der Waals surface area contributed by atoms with Gasteiger partial charge in [0.2, 0.25) is 0 Å². The molecule has 9 nitrogen and oxygen atoms in total. The summed E-state index contributed by atoms with van der Waals surface area (Å²) in [6, 6.07) is 10.3. The van der Waals surface area contributed by atoms with Gasteiger partial charge >= 0.3 is 6.03 Å². The van der Waals surface area contributed by atoms with E-state index in [0.29, 0.717) is 5.82 Å². The summed E-state index contributed by atoms with van der Waals surface area (Å²) in [5.41, 5.74) is 1.57. The standard InChI is InChI=1S/C17H19N7O2/c1-2-13-5-3-4-6-14(13)21-17(26)19-9-10-23-16(25)8-7-15(22-23)24-12-18-11-20-24/h3-8,11-12H,2,9-10H2,1H3,(H2,19,21,26). The van der Waals surface area contributed by atoms with Gasteiger partial charge in [0.15, 0.2) is 5.82 Å². The number of anilines is 1. The number of rotatable bonds is 6. The van der Waals surface area contributed by atoms with Crippen LogP contribution >= 0.6 is 0 Å². The van der Waals surface area contributed by atoms with E-state index in [1.807, 2.05) is 31.2 Å². The first-order chi connectivity index (χ1) is 12.7. The van der Waals surface area contributed by atoms with Crippen LogP contribution in [0.3, 0.4) is 0 Å². The third-order valence-corrected chi connectivity index (χ3v) is 3.76. The molecule has 9 heteroatoms. The van der Waals surface area contributed by atoms with Crippen LogP contribution in [0.5, 0.6) is 0 Å². The number of hydrogen-bond donors (Lipinski definition) is 2. The van der Waals surface area contributed by atoms with Gasteiger partial charge in [0.05, 0.1) is 6.54 Å². The van der Waals surface area contributed by atoms with Gasteiger partial charge in [-0.2, -0.15) is 5.10 Å². The average Bonchev–Trinajstić information content (AvgIpc) is 3.18. The molecule has 0 saturated carbocycles. The maximum atomic E-state index is 12.1. The molecule has 3 rings (SSSR count). The van der Waals surface area contributed by atoms with Crippen molar-refractivity contribution in [3.05, 3.63) is 65.0 Å². The molecule has 0 atom stereocenters. The van der Waals surface area contributed by atoms with E-state index in [-0.39, 0.29) is 24.7 Å². The Balaban J connectivity index is 1.58. The average molecular weight is 353 g/mol. The molecule has 2 aromatic heterocycles. The predicted molar refractivity (Wildman–Crippen MR) is 96.3 cm³/mol. The monoisotopic (exact) mass is 353 g/mol. The van der Waals surface area contributed by atoms with Crippen LogP contribution in [0.4, 0.5) is 10.5 Å². The Morgan fingerprint density at radius 3 is 2.81 bits per heavy atom. The molecule has 2 heterocycles. The van der Waals surface area contributed by atoms with Crippen LogP contribution in [0.1, 0.15) is 12.5 Å². The summed E-state index contributed by atoms with van der Waals surface area (Å²) in [5.74, 6) is 0.475. The van der Waals surface area contributed by atoms with E-state index in [9.17, 15) is 9.59 Å². The number of urea groups is 1. The zero-order valence-corrected chi connectivity index (χ0v) is 14.3. The number of hydrogen-bond acceptors (Lipinski definition) is 5. The molecule has 0 radical (unpaired) electrons. The lowest BCUT2D eigenvalue weighted by molar-refractivity contribution is 0.251. The Labute approximate surface area is 149 Å². The Kier molecular flexibility index (Phi) is 5.37. The first-order valence-electron chi connectivity index (χ1n) is 8.23. The van der Waals surface area contributed by atoms with E-state index >= 15 is 0 Å². The van der Waals surface area contributed by atoms with Gasteiger partial charge in [0.25, 0.3) is 5.56 Å². The van der Waals surface area contributed by atoms with E-state index in [4.69, 9.17) is 0 Å². The SMILES string of the molecule is CCc1ccccc1NC(=O)NCCn1nc(-n2cncn2)ccc1=O. The lowest BCUT2D eigenvalue weighted by Crippen LogP contribution is -2.34. The first kappa shape index (κ1) is 17.3. The van der Waals surface area contributed by atoms with E-state index in [1.165, 1.54) is 28.1 Å². The molecule has 134 valence electrons. The highest BCUT2D eigenvalue weighted by molar-refractivity contribution is 5.90. The zero-order valence-electron chi connectivity index (χ0n) is 14.3. The summed E-state index contributed by atoms with van der Waals surface area (Å²) < 4.78 is 2.73. The van der Waals surface area contributed by atoms with Crippen LogP contribution in [0.25, 0.3) is 5.82 Å². The minimum atomic E-state index is -0.327. The molecule has 0 spiro atoms. The molecule has 0 saturated heterocycles. The van der Waals surface area contributed by atoms with Crippen molar-refractivity contribution in [3.63, 3.8) is 0 Å². The number of amides is 2. The summed E-state index contributed by atoms with van der Waals surface area (Å²) in [4.78, 5) is 27.8. The van der Waals surface area contributed by atoms with Crippen molar-refractivity contribution in [2.45, 2.75) is 19.9 Å². The van der Waals surface area contributed by atoms with Crippen molar-refractivity contribution in [2.75, 3.05) is 11.9 Å². The largest absolute Gasteiger partial charge is 0.336 e. The molecule has 0 unspecified atom stereocenters. The Bertz CT molecular complexity index is 934. The van der Waals surface area contributed by atoms with Gasteiger partial charge < -0.3 is 10.6 Å². The number of carbonyl (C=O) groups excluding carboxylic acids is 1. The number of nitrogens with one attached hydrogen (secondary N) is 2. The first-order valence-corrected chi connectivity index (χ1v) is 8.23. The topological polar surface area (TPSA) is 107 Å². The summed E-state index contributed by atoms with van der Waals surface area (Å²) in [7, 11) is 0. The van der Waals surface area contributed by atoms with Gasteiger partial charge in [-0.25, -0.2) is 19.1 Å². The molecule has 0 aliphatic rings. The maximum Gasteiger partial charge on any atom is 0.319 e. The number of para-hydroxylation sites is 1. The van der Waals surface area contributed by atoms with Crippen LogP contribution in [0.15, 0.2) is 53.8 Å². The Morgan fingerprint density at radius 1 is 1.19 bits per heavy atom. The molecule has 2 N–H and O–H groups in total. The summed E-state index contributed by atoms with van der Waals surface area (Å²) >= 11 is 0. The van der Waals surface area contributed by atoms with Gasteiger partial charge in [-0.15, -0.1) is 5.10 Å². The number of aryl methyl sites for hydroxylation is 1. The van der Waals surface area contributed by atoms with Gasteiger partial charge in [-0.05, 0) is 24.1 Å². The van der Waals surface area contributed by atoms with Crippen molar-refractivity contribution in [1.29, 1.82) is 0 Å². The second kappa shape index (κ2) is 8.06. The van der Waals surface area contributed by atoms with E-state index in [2.05, 4.69) is 25.8 Å². The van der Waals surface area contributed by atoms with Gasteiger partial charge in [0.1, 0.15) is 12.7 Å². The molecular weight excluding hydrogens is 334 g/mol.